The van der Waals surface area contributed by atoms with E-state index in [0.29, 0.717) is 23.6 Å². The lowest BCUT2D eigenvalue weighted by molar-refractivity contribution is 0.279. The van der Waals surface area contributed by atoms with Gasteiger partial charge in [0.25, 0.3) is 5.56 Å². The van der Waals surface area contributed by atoms with Crippen LogP contribution in [-0.4, -0.2) is 23.9 Å². The third-order valence-corrected chi connectivity index (χ3v) is 3.55. The highest BCUT2D eigenvalue weighted by atomic mass is 16.5. The fourth-order valence-electron chi connectivity index (χ4n) is 2.44. The van der Waals surface area contributed by atoms with Crippen molar-refractivity contribution < 1.29 is 14.6 Å². The molecule has 118 valence electrons. The van der Waals surface area contributed by atoms with Crippen molar-refractivity contribution in [2.24, 2.45) is 0 Å². The lowest BCUT2D eigenvalue weighted by Gasteiger charge is -2.16. The molecule has 0 fully saturated rings. The summed E-state index contributed by atoms with van der Waals surface area (Å²) < 4.78 is 12.3. The van der Waals surface area contributed by atoms with E-state index in [2.05, 4.69) is 0 Å². The number of benzene rings is 1. The maximum Gasteiger partial charge on any atom is 0.256 e. The van der Waals surface area contributed by atoms with Gasteiger partial charge in [0, 0.05) is 17.7 Å². The van der Waals surface area contributed by atoms with Crippen molar-refractivity contribution >= 4 is 0 Å². The molecule has 0 bridgehead atoms. The molecule has 1 aromatic heterocycles. The smallest absolute Gasteiger partial charge is 0.256 e. The van der Waals surface area contributed by atoms with Gasteiger partial charge in [-0.15, -0.1) is 0 Å². The zero-order valence-electron chi connectivity index (χ0n) is 13.1. The van der Waals surface area contributed by atoms with Crippen molar-refractivity contribution in [2.75, 3.05) is 14.2 Å². The number of ether oxygens (including phenoxy) is 2. The summed E-state index contributed by atoms with van der Waals surface area (Å²) in [5.41, 5.74) is 1.75. The van der Waals surface area contributed by atoms with Crippen molar-refractivity contribution in [1.29, 1.82) is 0 Å². The molecule has 22 heavy (non-hydrogen) atoms. The van der Waals surface area contributed by atoms with Crippen LogP contribution in [0.1, 0.15) is 18.9 Å². The SMILES string of the molecule is CCCn1c(-c2cc(OC)ccc2OC)ccc(CO)c1=O. The second kappa shape index (κ2) is 7.13. The summed E-state index contributed by atoms with van der Waals surface area (Å²) in [4.78, 5) is 12.5. The minimum absolute atomic E-state index is 0.174. The summed E-state index contributed by atoms with van der Waals surface area (Å²) in [6, 6.07) is 8.96. The van der Waals surface area contributed by atoms with E-state index in [1.165, 1.54) is 0 Å². The molecule has 0 saturated carbocycles. The molecule has 5 nitrogen and oxygen atoms in total. The van der Waals surface area contributed by atoms with Crippen LogP contribution in [0.4, 0.5) is 0 Å². The predicted molar refractivity (Wildman–Crippen MR) is 85.5 cm³/mol. The molecule has 0 aliphatic carbocycles. The van der Waals surface area contributed by atoms with Crippen LogP contribution in [0, 0.1) is 0 Å². The quantitative estimate of drug-likeness (QED) is 0.890. The number of nitrogens with zero attached hydrogens (tertiary/aromatic N) is 1. The van der Waals surface area contributed by atoms with Crippen molar-refractivity contribution in [1.82, 2.24) is 4.57 Å². The number of aromatic nitrogens is 1. The first-order chi connectivity index (χ1) is 10.7. The molecule has 2 rings (SSSR count). The van der Waals surface area contributed by atoms with Gasteiger partial charge >= 0.3 is 0 Å². The van der Waals surface area contributed by atoms with Gasteiger partial charge in [0.1, 0.15) is 11.5 Å². The van der Waals surface area contributed by atoms with Crippen LogP contribution in [0.3, 0.4) is 0 Å². The topological polar surface area (TPSA) is 60.7 Å². The molecule has 2 aromatic rings. The van der Waals surface area contributed by atoms with E-state index in [1.54, 1.807) is 24.9 Å². The van der Waals surface area contributed by atoms with Crippen LogP contribution < -0.4 is 15.0 Å². The molecular formula is C17H21NO4. The van der Waals surface area contributed by atoms with E-state index in [0.717, 1.165) is 17.7 Å². The van der Waals surface area contributed by atoms with Crippen LogP contribution >= 0.6 is 0 Å². The Bertz CT molecular complexity index is 706. The van der Waals surface area contributed by atoms with E-state index in [9.17, 15) is 9.90 Å². The van der Waals surface area contributed by atoms with E-state index in [-0.39, 0.29) is 12.2 Å². The third kappa shape index (κ3) is 2.99. The number of hydrogen-bond donors (Lipinski definition) is 1. The van der Waals surface area contributed by atoms with Gasteiger partial charge < -0.3 is 19.1 Å². The van der Waals surface area contributed by atoms with Gasteiger partial charge in [-0.05, 0) is 36.8 Å². The van der Waals surface area contributed by atoms with Crippen LogP contribution in [-0.2, 0) is 13.2 Å². The predicted octanol–water partition coefficient (Wildman–Crippen LogP) is 2.43. The van der Waals surface area contributed by atoms with Crippen molar-refractivity contribution in [3.8, 4) is 22.8 Å². The van der Waals surface area contributed by atoms with Crippen molar-refractivity contribution in [3.05, 3.63) is 46.2 Å². The molecule has 0 radical (unpaired) electrons. The van der Waals surface area contributed by atoms with Crippen molar-refractivity contribution in [3.63, 3.8) is 0 Å². The fourth-order valence-corrected chi connectivity index (χ4v) is 2.44. The number of aliphatic hydroxyl groups is 1. The van der Waals surface area contributed by atoms with E-state index >= 15 is 0 Å². The van der Waals surface area contributed by atoms with Gasteiger partial charge in [-0.2, -0.15) is 0 Å². The van der Waals surface area contributed by atoms with E-state index in [1.807, 2.05) is 31.2 Å². The van der Waals surface area contributed by atoms with E-state index in [4.69, 9.17) is 9.47 Å². The number of rotatable bonds is 6. The molecule has 5 heteroatoms. The summed E-state index contributed by atoms with van der Waals surface area (Å²) in [6.07, 6.45) is 0.814. The summed E-state index contributed by atoms with van der Waals surface area (Å²) in [5, 5.41) is 9.30. The Hall–Kier alpha value is -2.27. The van der Waals surface area contributed by atoms with Gasteiger partial charge in [-0.3, -0.25) is 4.79 Å². The highest BCUT2D eigenvalue weighted by molar-refractivity contribution is 5.69. The second-order valence-corrected chi connectivity index (χ2v) is 4.92. The first-order valence-corrected chi connectivity index (χ1v) is 7.22. The summed E-state index contributed by atoms with van der Waals surface area (Å²) >= 11 is 0. The highest BCUT2D eigenvalue weighted by Gasteiger charge is 2.14. The van der Waals surface area contributed by atoms with Gasteiger partial charge in [-0.25, -0.2) is 0 Å². The lowest BCUT2D eigenvalue weighted by Crippen LogP contribution is -2.25. The Morgan fingerprint density at radius 3 is 2.50 bits per heavy atom. The number of pyridine rings is 1. The molecule has 0 aliphatic rings. The molecule has 0 aliphatic heterocycles. The minimum atomic E-state index is -0.266. The minimum Gasteiger partial charge on any atom is -0.497 e. The fraction of sp³-hybridized carbons (Fsp3) is 0.353. The first-order valence-electron chi connectivity index (χ1n) is 7.22. The highest BCUT2D eigenvalue weighted by Crippen LogP contribution is 2.33. The maximum absolute atomic E-state index is 12.5. The largest absolute Gasteiger partial charge is 0.497 e. The maximum atomic E-state index is 12.5. The summed E-state index contributed by atoms with van der Waals surface area (Å²) in [5.74, 6) is 1.36. The van der Waals surface area contributed by atoms with Gasteiger partial charge in [0.05, 0.1) is 26.5 Å². The molecule has 1 heterocycles. The van der Waals surface area contributed by atoms with Gasteiger partial charge in [0.15, 0.2) is 0 Å². The molecule has 0 unspecified atom stereocenters. The first kappa shape index (κ1) is 16.1. The van der Waals surface area contributed by atoms with Crippen LogP contribution in [0.2, 0.25) is 0 Å². The number of hydrogen-bond acceptors (Lipinski definition) is 4. The molecule has 0 saturated heterocycles. The lowest BCUT2D eigenvalue weighted by atomic mass is 10.1. The average molecular weight is 303 g/mol. The third-order valence-electron chi connectivity index (χ3n) is 3.55. The molecule has 1 N–H and O–H groups in total. The zero-order chi connectivity index (χ0) is 16.1. The summed E-state index contributed by atoms with van der Waals surface area (Å²) in [6.45, 7) is 2.31. The molecule has 1 aromatic carbocycles. The van der Waals surface area contributed by atoms with Crippen LogP contribution in [0.15, 0.2) is 35.1 Å². The zero-order valence-corrected chi connectivity index (χ0v) is 13.1. The van der Waals surface area contributed by atoms with Crippen LogP contribution in [0.5, 0.6) is 11.5 Å². The second-order valence-electron chi connectivity index (χ2n) is 4.92. The average Bonchev–Trinajstić information content (AvgIpc) is 2.56. The molecule has 0 amide bonds. The van der Waals surface area contributed by atoms with Gasteiger partial charge in [0.2, 0.25) is 0 Å². The normalized spacial score (nSPS) is 10.5. The van der Waals surface area contributed by atoms with Crippen molar-refractivity contribution in [2.45, 2.75) is 26.5 Å². The standard InChI is InChI=1S/C17H21NO4/c1-4-9-18-15(7-5-12(11-19)17(18)20)14-10-13(21-2)6-8-16(14)22-3/h5-8,10,19H,4,9,11H2,1-3H3. The Morgan fingerprint density at radius 2 is 1.91 bits per heavy atom. The molecule has 0 spiro atoms. The van der Waals surface area contributed by atoms with Gasteiger partial charge in [-0.1, -0.05) is 6.92 Å². The van der Waals surface area contributed by atoms with Crippen LogP contribution in [0.25, 0.3) is 11.3 Å². The Kier molecular flexibility index (Phi) is 5.22. The Morgan fingerprint density at radius 1 is 1.14 bits per heavy atom. The Labute approximate surface area is 129 Å². The van der Waals surface area contributed by atoms with E-state index < -0.39 is 0 Å². The summed E-state index contributed by atoms with van der Waals surface area (Å²) in [7, 11) is 3.19. The number of methoxy groups -OCH3 is 2. The number of aliphatic hydroxyl groups excluding tert-OH is 1. The molecule has 0 atom stereocenters. The monoisotopic (exact) mass is 303 g/mol. The Balaban J connectivity index is 2.71. The molecular weight excluding hydrogens is 282 g/mol.